The number of hydrogen-bond donors (Lipinski definition) is 1. The van der Waals surface area contributed by atoms with Gasteiger partial charge in [0.1, 0.15) is 5.69 Å². The Hall–Kier alpha value is -1.75. The summed E-state index contributed by atoms with van der Waals surface area (Å²) in [5, 5.41) is 2.93. The topological polar surface area (TPSA) is 37.3 Å². The van der Waals surface area contributed by atoms with Gasteiger partial charge in [0.25, 0.3) is 5.91 Å². The van der Waals surface area contributed by atoms with Crippen LogP contribution in [-0.4, -0.2) is 23.6 Å². The summed E-state index contributed by atoms with van der Waals surface area (Å²) in [4.78, 5) is 14.6. The van der Waals surface area contributed by atoms with Crippen LogP contribution in [0.15, 0.2) is 41.0 Å². The molecule has 0 atom stereocenters. The molecule has 2 aromatic rings. The lowest BCUT2D eigenvalue weighted by Gasteiger charge is -2.17. The number of aromatic nitrogens is 1. The molecule has 21 heavy (non-hydrogen) atoms. The summed E-state index contributed by atoms with van der Waals surface area (Å²) < 4.78 is 2.71. The van der Waals surface area contributed by atoms with Gasteiger partial charge in [-0.2, -0.15) is 0 Å². The summed E-state index contributed by atoms with van der Waals surface area (Å²) >= 11 is 3.38. The van der Waals surface area contributed by atoms with Gasteiger partial charge in [-0.1, -0.05) is 0 Å². The molecule has 0 saturated carbocycles. The van der Waals surface area contributed by atoms with E-state index in [0.717, 1.165) is 23.2 Å². The van der Waals surface area contributed by atoms with Crippen LogP contribution in [0.25, 0.3) is 0 Å². The number of hydrogen-bond acceptors (Lipinski definition) is 2. The first-order valence-corrected chi connectivity index (χ1v) is 7.91. The van der Waals surface area contributed by atoms with E-state index in [1.54, 1.807) is 4.57 Å². The minimum absolute atomic E-state index is 0.0999. The van der Waals surface area contributed by atoms with Gasteiger partial charge in [0.05, 0.1) is 0 Å². The predicted molar refractivity (Wildman–Crippen MR) is 89.0 cm³/mol. The number of aryl methyl sites for hydroxylation is 1. The van der Waals surface area contributed by atoms with Gasteiger partial charge in [0.15, 0.2) is 0 Å². The molecule has 4 nitrogen and oxygen atoms in total. The molecule has 1 aliphatic heterocycles. The van der Waals surface area contributed by atoms with Crippen molar-refractivity contribution in [3.05, 3.63) is 46.7 Å². The second kappa shape index (κ2) is 5.93. The van der Waals surface area contributed by atoms with Crippen LogP contribution in [0.2, 0.25) is 0 Å². The van der Waals surface area contributed by atoms with Crippen LogP contribution < -0.4 is 10.2 Å². The molecule has 1 aliphatic rings. The van der Waals surface area contributed by atoms with E-state index in [1.807, 2.05) is 31.4 Å². The Labute approximate surface area is 132 Å². The molecule has 0 bridgehead atoms. The van der Waals surface area contributed by atoms with Crippen LogP contribution in [0.1, 0.15) is 23.3 Å². The van der Waals surface area contributed by atoms with E-state index in [-0.39, 0.29) is 5.91 Å². The van der Waals surface area contributed by atoms with E-state index in [4.69, 9.17) is 0 Å². The fraction of sp³-hybridized carbons (Fsp3) is 0.312. The van der Waals surface area contributed by atoms with E-state index < -0.39 is 0 Å². The third-order valence-electron chi connectivity index (χ3n) is 3.80. The van der Waals surface area contributed by atoms with E-state index in [2.05, 4.69) is 38.3 Å². The number of benzene rings is 1. The van der Waals surface area contributed by atoms with Gasteiger partial charge in [-0.25, -0.2) is 0 Å². The lowest BCUT2D eigenvalue weighted by atomic mass is 10.2. The number of nitrogens with zero attached hydrogens (tertiary/aromatic N) is 2. The fourth-order valence-corrected chi connectivity index (χ4v) is 3.20. The Morgan fingerprint density at radius 1 is 1.19 bits per heavy atom. The number of halogens is 1. The van der Waals surface area contributed by atoms with Gasteiger partial charge in [-0.05, 0) is 59.1 Å². The molecule has 0 aliphatic carbocycles. The third-order valence-corrected chi connectivity index (χ3v) is 4.23. The fourth-order valence-electron chi connectivity index (χ4n) is 2.68. The van der Waals surface area contributed by atoms with Gasteiger partial charge in [0.2, 0.25) is 0 Å². The largest absolute Gasteiger partial charge is 0.372 e. The molecule has 1 amide bonds. The van der Waals surface area contributed by atoms with Gasteiger partial charge in [-0.3, -0.25) is 4.79 Å². The minimum Gasteiger partial charge on any atom is -0.372 e. The zero-order chi connectivity index (χ0) is 14.8. The number of carbonyl (C=O) groups is 1. The summed E-state index contributed by atoms with van der Waals surface area (Å²) in [6.45, 7) is 2.26. The molecule has 1 N–H and O–H groups in total. The van der Waals surface area contributed by atoms with Gasteiger partial charge < -0.3 is 14.8 Å². The quantitative estimate of drug-likeness (QED) is 0.920. The highest BCUT2D eigenvalue weighted by Crippen LogP contribution is 2.22. The molecule has 2 heterocycles. The Kier molecular flexibility index (Phi) is 4.01. The first-order chi connectivity index (χ1) is 10.1. The van der Waals surface area contributed by atoms with Crippen LogP contribution in [0, 0.1) is 0 Å². The van der Waals surface area contributed by atoms with Crippen LogP contribution >= 0.6 is 15.9 Å². The van der Waals surface area contributed by atoms with Crippen LogP contribution in [-0.2, 0) is 7.05 Å². The van der Waals surface area contributed by atoms with E-state index in [9.17, 15) is 4.79 Å². The van der Waals surface area contributed by atoms with E-state index in [0.29, 0.717) is 5.69 Å². The lowest BCUT2D eigenvalue weighted by molar-refractivity contribution is 0.101. The summed E-state index contributed by atoms with van der Waals surface area (Å²) in [5.41, 5.74) is 2.68. The van der Waals surface area contributed by atoms with Gasteiger partial charge in [0, 0.05) is 42.2 Å². The van der Waals surface area contributed by atoms with Crippen molar-refractivity contribution in [2.45, 2.75) is 12.8 Å². The van der Waals surface area contributed by atoms with Crippen molar-refractivity contribution in [3.63, 3.8) is 0 Å². The SMILES string of the molecule is Cn1cc(Br)cc1C(=O)Nc1ccc(N2CCCC2)cc1. The summed E-state index contributed by atoms with van der Waals surface area (Å²) in [5.74, 6) is -0.0999. The third kappa shape index (κ3) is 3.13. The van der Waals surface area contributed by atoms with Crippen molar-refractivity contribution in [3.8, 4) is 0 Å². The van der Waals surface area contributed by atoms with Crippen LogP contribution in [0.5, 0.6) is 0 Å². The second-order valence-corrected chi connectivity index (χ2v) is 6.27. The normalized spacial score (nSPS) is 14.5. The van der Waals surface area contributed by atoms with Gasteiger partial charge >= 0.3 is 0 Å². The molecule has 1 aromatic carbocycles. The summed E-state index contributed by atoms with van der Waals surface area (Å²) in [7, 11) is 1.86. The maximum atomic E-state index is 12.2. The molecule has 5 heteroatoms. The smallest absolute Gasteiger partial charge is 0.272 e. The van der Waals surface area contributed by atoms with Crippen molar-refractivity contribution in [1.29, 1.82) is 0 Å². The van der Waals surface area contributed by atoms with Crippen molar-refractivity contribution >= 4 is 33.2 Å². The van der Waals surface area contributed by atoms with Crippen molar-refractivity contribution < 1.29 is 4.79 Å². The molecular formula is C16H18BrN3O. The number of anilines is 2. The average molecular weight is 348 g/mol. The standard InChI is InChI=1S/C16H18BrN3O/c1-19-11-12(17)10-15(19)16(21)18-13-4-6-14(7-5-13)20-8-2-3-9-20/h4-7,10-11H,2-3,8-9H2,1H3,(H,18,21). The molecular weight excluding hydrogens is 330 g/mol. The highest BCUT2D eigenvalue weighted by atomic mass is 79.9. The average Bonchev–Trinajstić information content (AvgIpc) is 3.09. The van der Waals surface area contributed by atoms with Crippen molar-refractivity contribution in [2.75, 3.05) is 23.3 Å². The maximum Gasteiger partial charge on any atom is 0.272 e. The zero-order valence-corrected chi connectivity index (χ0v) is 13.6. The molecule has 110 valence electrons. The van der Waals surface area contributed by atoms with Crippen molar-refractivity contribution in [2.24, 2.45) is 7.05 Å². The van der Waals surface area contributed by atoms with E-state index >= 15 is 0 Å². The molecule has 1 saturated heterocycles. The molecule has 0 unspecified atom stereocenters. The first kappa shape index (κ1) is 14.2. The Bertz CT molecular complexity index is 642. The van der Waals surface area contributed by atoms with Crippen LogP contribution in [0.3, 0.4) is 0 Å². The zero-order valence-electron chi connectivity index (χ0n) is 12.0. The number of carbonyl (C=O) groups excluding carboxylic acids is 1. The first-order valence-electron chi connectivity index (χ1n) is 7.12. The van der Waals surface area contributed by atoms with Crippen LogP contribution in [0.4, 0.5) is 11.4 Å². The lowest BCUT2D eigenvalue weighted by Crippen LogP contribution is -2.18. The molecule has 0 spiro atoms. The monoisotopic (exact) mass is 347 g/mol. The Morgan fingerprint density at radius 2 is 1.86 bits per heavy atom. The number of rotatable bonds is 3. The summed E-state index contributed by atoms with van der Waals surface area (Å²) in [6.07, 6.45) is 4.40. The van der Waals surface area contributed by atoms with Crippen molar-refractivity contribution in [1.82, 2.24) is 4.57 Å². The van der Waals surface area contributed by atoms with E-state index in [1.165, 1.54) is 18.5 Å². The highest BCUT2D eigenvalue weighted by molar-refractivity contribution is 9.10. The Morgan fingerprint density at radius 3 is 2.43 bits per heavy atom. The molecule has 1 aromatic heterocycles. The number of nitrogens with one attached hydrogen (secondary N) is 1. The van der Waals surface area contributed by atoms with Gasteiger partial charge in [-0.15, -0.1) is 0 Å². The number of amides is 1. The molecule has 3 rings (SSSR count). The molecule has 0 radical (unpaired) electrons. The highest BCUT2D eigenvalue weighted by Gasteiger charge is 2.13. The minimum atomic E-state index is -0.0999. The Balaban J connectivity index is 1.70. The predicted octanol–water partition coefficient (Wildman–Crippen LogP) is 3.64. The second-order valence-electron chi connectivity index (χ2n) is 5.35. The maximum absolute atomic E-state index is 12.2. The molecule has 1 fully saturated rings. The summed E-state index contributed by atoms with van der Waals surface area (Å²) in [6, 6.07) is 9.88.